The van der Waals surface area contributed by atoms with Crippen LogP contribution in [-0.4, -0.2) is 58.4 Å². The maximum Gasteiger partial charge on any atom is 0.229 e. The van der Waals surface area contributed by atoms with Crippen LogP contribution in [0.4, 0.5) is 27.7 Å². The number of hydrogen-bond acceptors (Lipinski definition) is 8. The SMILES string of the molecule is CCN(CC)CCOc1cc(Nc2nccc(Nc3n[nH]c4cccc(F)c34)n2)ccc1OC. The van der Waals surface area contributed by atoms with Crippen LogP contribution in [0.1, 0.15) is 13.8 Å². The summed E-state index contributed by atoms with van der Waals surface area (Å²) in [5.41, 5.74) is 1.34. The number of aromatic nitrogens is 4. The molecule has 0 aliphatic carbocycles. The molecule has 0 bridgehead atoms. The number of rotatable bonds is 11. The number of nitrogens with one attached hydrogen (secondary N) is 3. The zero-order chi connectivity index (χ0) is 23.9. The third kappa shape index (κ3) is 5.34. The van der Waals surface area contributed by atoms with Crippen molar-refractivity contribution in [1.29, 1.82) is 0 Å². The van der Waals surface area contributed by atoms with Gasteiger partial charge >= 0.3 is 0 Å². The Morgan fingerprint density at radius 1 is 1.06 bits per heavy atom. The maximum absolute atomic E-state index is 14.3. The number of H-pyrrole nitrogens is 1. The van der Waals surface area contributed by atoms with Crippen LogP contribution >= 0.6 is 0 Å². The Bertz CT molecular complexity index is 1240. The molecule has 178 valence electrons. The van der Waals surface area contributed by atoms with Gasteiger partial charge in [-0.1, -0.05) is 19.9 Å². The molecule has 9 nitrogen and oxygen atoms in total. The first-order valence-electron chi connectivity index (χ1n) is 11.1. The van der Waals surface area contributed by atoms with E-state index in [1.165, 1.54) is 6.07 Å². The van der Waals surface area contributed by atoms with Crippen molar-refractivity contribution in [1.82, 2.24) is 25.1 Å². The summed E-state index contributed by atoms with van der Waals surface area (Å²) in [6.45, 7) is 7.58. The van der Waals surface area contributed by atoms with Crippen molar-refractivity contribution in [3.8, 4) is 11.5 Å². The molecule has 2 aromatic carbocycles. The van der Waals surface area contributed by atoms with E-state index < -0.39 is 0 Å². The second-order valence-corrected chi connectivity index (χ2v) is 7.49. The summed E-state index contributed by atoms with van der Waals surface area (Å²) in [5.74, 6) is 2.10. The molecule has 0 amide bonds. The van der Waals surface area contributed by atoms with Crippen molar-refractivity contribution in [2.45, 2.75) is 13.8 Å². The number of halogens is 1. The first-order chi connectivity index (χ1) is 16.6. The van der Waals surface area contributed by atoms with E-state index >= 15 is 0 Å². The van der Waals surface area contributed by atoms with Crippen LogP contribution in [0, 0.1) is 5.82 Å². The minimum atomic E-state index is -0.368. The predicted octanol–water partition coefficient (Wildman–Crippen LogP) is 4.71. The van der Waals surface area contributed by atoms with Crippen molar-refractivity contribution < 1.29 is 13.9 Å². The largest absolute Gasteiger partial charge is 0.493 e. The van der Waals surface area contributed by atoms with Crippen molar-refractivity contribution in [2.24, 2.45) is 0 Å². The Morgan fingerprint density at radius 2 is 1.91 bits per heavy atom. The first kappa shape index (κ1) is 23.2. The Balaban J connectivity index is 1.48. The fourth-order valence-corrected chi connectivity index (χ4v) is 3.55. The molecule has 0 aliphatic heterocycles. The van der Waals surface area contributed by atoms with Crippen molar-refractivity contribution in [2.75, 3.05) is 44.0 Å². The van der Waals surface area contributed by atoms with Crippen molar-refractivity contribution >= 4 is 34.2 Å². The number of nitrogens with zero attached hydrogens (tertiary/aromatic N) is 4. The predicted molar refractivity (Wildman–Crippen MR) is 131 cm³/mol. The highest BCUT2D eigenvalue weighted by Crippen LogP contribution is 2.31. The molecule has 34 heavy (non-hydrogen) atoms. The van der Waals surface area contributed by atoms with Gasteiger partial charge in [-0.05, 0) is 43.4 Å². The third-order valence-electron chi connectivity index (χ3n) is 5.42. The lowest BCUT2D eigenvalue weighted by Gasteiger charge is -2.19. The van der Waals surface area contributed by atoms with Gasteiger partial charge in [-0.25, -0.2) is 9.37 Å². The molecule has 3 N–H and O–H groups in total. The second kappa shape index (κ2) is 10.8. The van der Waals surface area contributed by atoms with Gasteiger partial charge in [-0.15, -0.1) is 0 Å². The zero-order valence-corrected chi connectivity index (χ0v) is 19.4. The van der Waals surface area contributed by atoms with Crippen LogP contribution in [0.5, 0.6) is 11.5 Å². The fraction of sp³-hybridized carbons (Fsp3) is 0.292. The minimum Gasteiger partial charge on any atom is -0.493 e. The zero-order valence-electron chi connectivity index (χ0n) is 19.4. The number of benzene rings is 2. The molecule has 2 aromatic heterocycles. The monoisotopic (exact) mass is 465 g/mol. The van der Waals surface area contributed by atoms with Crippen LogP contribution < -0.4 is 20.1 Å². The Labute approximate surface area is 197 Å². The van der Waals surface area contributed by atoms with E-state index in [9.17, 15) is 4.39 Å². The van der Waals surface area contributed by atoms with Gasteiger partial charge in [0, 0.05) is 24.5 Å². The topological polar surface area (TPSA) is 100 Å². The van der Waals surface area contributed by atoms with Gasteiger partial charge in [0.05, 0.1) is 18.0 Å². The van der Waals surface area contributed by atoms with Gasteiger partial charge in [0.1, 0.15) is 18.2 Å². The highest BCUT2D eigenvalue weighted by molar-refractivity contribution is 5.91. The summed E-state index contributed by atoms with van der Waals surface area (Å²) in [6, 6.07) is 12.0. The highest BCUT2D eigenvalue weighted by atomic mass is 19.1. The molecule has 2 heterocycles. The summed E-state index contributed by atoms with van der Waals surface area (Å²) in [7, 11) is 1.61. The van der Waals surface area contributed by atoms with Crippen LogP contribution in [0.15, 0.2) is 48.7 Å². The van der Waals surface area contributed by atoms with Gasteiger partial charge in [-0.3, -0.25) is 5.10 Å². The number of methoxy groups -OCH3 is 1. The smallest absolute Gasteiger partial charge is 0.229 e. The quantitative estimate of drug-likeness (QED) is 0.293. The Kier molecular flexibility index (Phi) is 7.38. The maximum atomic E-state index is 14.3. The van der Waals surface area contributed by atoms with E-state index in [0.29, 0.717) is 46.6 Å². The summed E-state index contributed by atoms with van der Waals surface area (Å²) >= 11 is 0. The first-order valence-corrected chi connectivity index (χ1v) is 11.1. The molecule has 0 spiro atoms. The molecule has 0 fully saturated rings. The number of hydrogen-bond donors (Lipinski definition) is 3. The average Bonchev–Trinajstić information content (AvgIpc) is 3.26. The lowest BCUT2D eigenvalue weighted by molar-refractivity contribution is 0.217. The summed E-state index contributed by atoms with van der Waals surface area (Å²) in [5, 5.41) is 13.6. The lowest BCUT2D eigenvalue weighted by atomic mass is 10.2. The minimum absolute atomic E-state index is 0.353. The molecule has 0 aliphatic rings. The molecule has 0 unspecified atom stereocenters. The molecule has 0 radical (unpaired) electrons. The van der Waals surface area contributed by atoms with Crippen molar-refractivity contribution in [3.63, 3.8) is 0 Å². The van der Waals surface area contributed by atoms with Crippen LogP contribution in [0.25, 0.3) is 10.9 Å². The third-order valence-corrected chi connectivity index (χ3v) is 5.42. The molecule has 4 aromatic rings. The van der Waals surface area contributed by atoms with E-state index in [2.05, 4.69) is 49.5 Å². The summed E-state index contributed by atoms with van der Waals surface area (Å²) in [6.07, 6.45) is 1.61. The molecule has 0 saturated carbocycles. The molecule has 10 heteroatoms. The van der Waals surface area contributed by atoms with Gasteiger partial charge in [0.2, 0.25) is 5.95 Å². The summed E-state index contributed by atoms with van der Waals surface area (Å²) < 4.78 is 25.7. The van der Waals surface area contributed by atoms with E-state index in [4.69, 9.17) is 9.47 Å². The summed E-state index contributed by atoms with van der Waals surface area (Å²) in [4.78, 5) is 11.0. The van der Waals surface area contributed by atoms with E-state index in [-0.39, 0.29) is 5.82 Å². The lowest BCUT2D eigenvalue weighted by Crippen LogP contribution is -2.27. The van der Waals surface area contributed by atoms with Gasteiger partial charge in [0.15, 0.2) is 17.3 Å². The Hall–Kier alpha value is -3.92. The van der Waals surface area contributed by atoms with Crippen LogP contribution in [0.3, 0.4) is 0 Å². The van der Waals surface area contributed by atoms with Gasteiger partial charge < -0.3 is 25.0 Å². The number of fused-ring (bicyclic) bond motifs is 1. The molecule has 0 saturated heterocycles. The van der Waals surface area contributed by atoms with E-state index in [0.717, 1.165) is 25.3 Å². The van der Waals surface area contributed by atoms with Gasteiger partial charge in [-0.2, -0.15) is 10.1 Å². The average molecular weight is 466 g/mol. The van der Waals surface area contributed by atoms with Crippen molar-refractivity contribution in [3.05, 3.63) is 54.5 Å². The van der Waals surface area contributed by atoms with Gasteiger partial charge in [0.25, 0.3) is 0 Å². The Morgan fingerprint density at radius 3 is 2.71 bits per heavy atom. The van der Waals surface area contributed by atoms with E-state index in [1.54, 1.807) is 31.5 Å². The normalized spacial score (nSPS) is 11.1. The number of anilines is 4. The number of aromatic amines is 1. The van der Waals surface area contributed by atoms with E-state index in [1.807, 2.05) is 18.2 Å². The van der Waals surface area contributed by atoms with Crippen LogP contribution in [0.2, 0.25) is 0 Å². The standard InChI is InChI=1S/C24H28FN7O2/c1-4-32(5-2)13-14-34-20-15-16(9-10-19(20)33-3)27-24-26-12-11-21(29-24)28-23-22-17(25)7-6-8-18(22)30-31-23/h6-12,15H,4-5,13-14H2,1-3H3,(H3,26,27,28,29,30,31). The number of ether oxygens (including phenoxy) is 2. The van der Waals surface area contributed by atoms with Crippen LogP contribution in [-0.2, 0) is 0 Å². The molecular weight excluding hydrogens is 437 g/mol. The highest BCUT2D eigenvalue weighted by Gasteiger charge is 2.12. The molecule has 0 atom stereocenters. The second-order valence-electron chi connectivity index (χ2n) is 7.49. The molecular formula is C24H28FN7O2. The number of likely N-dealkylation sites (N-methyl/N-ethyl adjacent to an activating group) is 1. The fourth-order valence-electron chi connectivity index (χ4n) is 3.55. The molecule has 4 rings (SSSR count).